The number of hydrogen-bond donors (Lipinski definition) is 2. The molecule has 8 heteroatoms. The Morgan fingerprint density at radius 2 is 0.941 bits per heavy atom. The number of allylic oxidation sites excluding steroid dienone is 4. The molecule has 1 aliphatic rings. The molecule has 298 valence electrons. The SMILES string of the molecule is CCCCCCCC/C=C\CCCCCCCC(=O)OC[C@H]1O[C@H](OC)[C@H](OC(=O)CCCCCCC/C=C\CCCCCCCC)[C@@H](O)[C@@H]1O. The molecule has 1 heterocycles. The van der Waals surface area contributed by atoms with Crippen LogP contribution in [0.1, 0.15) is 194 Å². The molecule has 0 saturated carbocycles. The predicted molar refractivity (Wildman–Crippen MR) is 207 cm³/mol. The molecule has 1 saturated heterocycles. The summed E-state index contributed by atoms with van der Waals surface area (Å²) in [5, 5.41) is 21.4. The minimum atomic E-state index is -1.42. The molecule has 0 bridgehead atoms. The predicted octanol–water partition coefficient (Wildman–Crippen LogP) is 10.6. The average Bonchev–Trinajstić information content (AvgIpc) is 3.13. The van der Waals surface area contributed by atoms with Gasteiger partial charge >= 0.3 is 11.9 Å². The molecular formula is C43H78O8. The number of methoxy groups -OCH3 is 1. The second-order valence-electron chi connectivity index (χ2n) is 14.6. The van der Waals surface area contributed by atoms with E-state index in [9.17, 15) is 19.8 Å². The van der Waals surface area contributed by atoms with Crippen LogP contribution in [0.5, 0.6) is 0 Å². The van der Waals surface area contributed by atoms with E-state index in [1.165, 1.54) is 103 Å². The summed E-state index contributed by atoms with van der Waals surface area (Å²) in [7, 11) is 1.38. The molecule has 51 heavy (non-hydrogen) atoms. The lowest BCUT2D eigenvalue weighted by Gasteiger charge is -2.41. The molecule has 0 radical (unpaired) electrons. The molecular weight excluding hydrogens is 644 g/mol. The lowest BCUT2D eigenvalue weighted by atomic mass is 9.99. The summed E-state index contributed by atoms with van der Waals surface area (Å²) < 4.78 is 21.9. The normalized spacial score (nSPS) is 20.8. The molecule has 0 aromatic heterocycles. The largest absolute Gasteiger partial charge is 0.463 e. The highest BCUT2D eigenvalue weighted by Crippen LogP contribution is 2.25. The van der Waals surface area contributed by atoms with Crippen LogP contribution < -0.4 is 0 Å². The second-order valence-corrected chi connectivity index (χ2v) is 14.6. The topological polar surface area (TPSA) is 112 Å². The minimum Gasteiger partial charge on any atom is -0.463 e. The zero-order chi connectivity index (χ0) is 37.2. The first-order chi connectivity index (χ1) is 24.9. The van der Waals surface area contributed by atoms with Crippen LogP contribution in [0.3, 0.4) is 0 Å². The average molecular weight is 723 g/mol. The van der Waals surface area contributed by atoms with E-state index in [-0.39, 0.29) is 19.0 Å². The summed E-state index contributed by atoms with van der Waals surface area (Å²) in [5.41, 5.74) is 0. The van der Waals surface area contributed by atoms with Crippen molar-refractivity contribution >= 4 is 11.9 Å². The summed E-state index contributed by atoms with van der Waals surface area (Å²) in [6, 6.07) is 0. The fourth-order valence-electron chi connectivity index (χ4n) is 6.50. The van der Waals surface area contributed by atoms with Crippen LogP contribution in [0.2, 0.25) is 0 Å². The lowest BCUT2D eigenvalue weighted by molar-refractivity contribution is -0.298. The molecule has 0 amide bonds. The monoisotopic (exact) mass is 723 g/mol. The van der Waals surface area contributed by atoms with Crippen LogP contribution in [-0.2, 0) is 28.5 Å². The first-order valence-corrected chi connectivity index (χ1v) is 21.1. The molecule has 5 atom stereocenters. The maximum absolute atomic E-state index is 12.5. The number of aliphatic hydroxyl groups is 2. The molecule has 8 nitrogen and oxygen atoms in total. The Morgan fingerprint density at radius 1 is 0.549 bits per heavy atom. The molecule has 2 N–H and O–H groups in total. The van der Waals surface area contributed by atoms with Gasteiger partial charge in [-0.3, -0.25) is 9.59 Å². The Kier molecular flexibility index (Phi) is 31.6. The summed E-state index contributed by atoms with van der Waals surface area (Å²) in [6.45, 7) is 4.29. The number of hydrogen-bond acceptors (Lipinski definition) is 8. The van der Waals surface area contributed by atoms with Crippen LogP contribution in [0.25, 0.3) is 0 Å². The molecule has 1 aliphatic heterocycles. The van der Waals surface area contributed by atoms with Gasteiger partial charge in [0.2, 0.25) is 0 Å². The van der Waals surface area contributed by atoms with Crippen molar-refractivity contribution in [2.24, 2.45) is 0 Å². The second kappa shape index (κ2) is 34.1. The number of carbonyl (C=O) groups excluding carboxylic acids is 2. The molecule has 0 unspecified atom stereocenters. The van der Waals surface area contributed by atoms with E-state index >= 15 is 0 Å². The summed E-state index contributed by atoms with van der Waals surface area (Å²) >= 11 is 0. The standard InChI is InChI=1S/C43H78O8/c1-4-6-8-10-12-14-16-18-20-22-24-26-28-30-32-34-38(44)49-36-37-40(46)41(47)42(43(48-3)50-37)51-39(45)35-33-31-29-27-25-23-21-19-17-15-13-11-9-7-5-2/h18-21,37,40-43,46-47H,4-17,22-36H2,1-3H3/b20-18-,21-19-/t37-,40-,41+,42-,43+/m1/s1. The maximum Gasteiger partial charge on any atom is 0.306 e. The lowest BCUT2D eigenvalue weighted by Crippen LogP contribution is -2.60. The van der Waals surface area contributed by atoms with Crippen molar-refractivity contribution in [3.8, 4) is 0 Å². The van der Waals surface area contributed by atoms with Crippen molar-refractivity contribution in [1.29, 1.82) is 0 Å². The number of aliphatic hydroxyl groups excluding tert-OH is 2. The van der Waals surface area contributed by atoms with Crippen LogP contribution in [0.4, 0.5) is 0 Å². The van der Waals surface area contributed by atoms with E-state index in [0.29, 0.717) is 12.8 Å². The Balaban J connectivity index is 2.12. The van der Waals surface area contributed by atoms with Gasteiger partial charge in [-0.05, 0) is 64.2 Å². The van der Waals surface area contributed by atoms with Gasteiger partial charge in [0.1, 0.15) is 24.9 Å². The maximum atomic E-state index is 12.5. The Hall–Kier alpha value is -1.74. The van der Waals surface area contributed by atoms with Gasteiger partial charge in [-0.25, -0.2) is 0 Å². The number of carbonyl (C=O) groups is 2. The number of unbranched alkanes of at least 4 members (excludes halogenated alkanes) is 22. The molecule has 0 spiro atoms. The van der Waals surface area contributed by atoms with Gasteiger partial charge < -0.3 is 29.2 Å². The van der Waals surface area contributed by atoms with Crippen molar-refractivity contribution in [2.75, 3.05) is 13.7 Å². The zero-order valence-corrected chi connectivity index (χ0v) is 33.0. The van der Waals surface area contributed by atoms with E-state index < -0.39 is 36.7 Å². The smallest absolute Gasteiger partial charge is 0.306 e. The highest BCUT2D eigenvalue weighted by Gasteiger charge is 2.47. The molecule has 0 aromatic carbocycles. The van der Waals surface area contributed by atoms with Crippen LogP contribution in [-0.4, -0.2) is 66.6 Å². The molecule has 0 aliphatic carbocycles. The summed E-state index contributed by atoms with van der Waals surface area (Å²) in [6.07, 6.45) is 34.5. The van der Waals surface area contributed by atoms with Crippen molar-refractivity contribution in [1.82, 2.24) is 0 Å². The third-order valence-corrected chi connectivity index (χ3v) is 9.84. The van der Waals surface area contributed by atoms with Gasteiger partial charge in [0.25, 0.3) is 0 Å². The number of esters is 2. The van der Waals surface area contributed by atoms with E-state index in [1.54, 1.807) is 0 Å². The summed E-state index contributed by atoms with van der Waals surface area (Å²) in [4.78, 5) is 24.8. The fourth-order valence-corrected chi connectivity index (χ4v) is 6.50. The van der Waals surface area contributed by atoms with E-state index in [2.05, 4.69) is 38.2 Å². The van der Waals surface area contributed by atoms with Gasteiger partial charge in [-0.15, -0.1) is 0 Å². The van der Waals surface area contributed by atoms with Crippen molar-refractivity contribution < 1.29 is 38.7 Å². The van der Waals surface area contributed by atoms with Crippen molar-refractivity contribution in [3.63, 3.8) is 0 Å². The number of ether oxygens (including phenoxy) is 4. The fraction of sp³-hybridized carbons (Fsp3) is 0.860. The van der Waals surface area contributed by atoms with E-state index in [1.807, 2.05) is 0 Å². The van der Waals surface area contributed by atoms with Gasteiger partial charge in [-0.1, -0.05) is 141 Å². The zero-order valence-electron chi connectivity index (χ0n) is 33.0. The third-order valence-electron chi connectivity index (χ3n) is 9.84. The third kappa shape index (κ3) is 25.8. The molecule has 1 fully saturated rings. The Labute approximate surface area is 312 Å². The quantitative estimate of drug-likeness (QED) is 0.0384. The van der Waals surface area contributed by atoms with E-state index in [4.69, 9.17) is 18.9 Å². The molecule has 0 aromatic rings. The summed E-state index contributed by atoms with van der Waals surface area (Å²) in [5.74, 6) is -0.820. The van der Waals surface area contributed by atoms with Gasteiger partial charge in [0.05, 0.1) is 0 Å². The van der Waals surface area contributed by atoms with E-state index in [0.717, 1.165) is 64.2 Å². The van der Waals surface area contributed by atoms with Crippen LogP contribution in [0, 0.1) is 0 Å². The van der Waals surface area contributed by atoms with Gasteiger partial charge in [-0.2, -0.15) is 0 Å². The van der Waals surface area contributed by atoms with Gasteiger partial charge in [0, 0.05) is 20.0 Å². The first-order valence-electron chi connectivity index (χ1n) is 21.1. The highest BCUT2D eigenvalue weighted by atomic mass is 16.7. The van der Waals surface area contributed by atoms with Crippen LogP contribution >= 0.6 is 0 Å². The number of rotatable bonds is 34. The van der Waals surface area contributed by atoms with Crippen molar-refractivity contribution in [2.45, 2.75) is 224 Å². The first kappa shape index (κ1) is 47.3. The molecule has 1 rings (SSSR count). The minimum absolute atomic E-state index is 0.211. The Morgan fingerprint density at radius 3 is 1.37 bits per heavy atom. The highest BCUT2D eigenvalue weighted by molar-refractivity contribution is 5.69. The van der Waals surface area contributed by atoms with Crippen molar-refractivity contribution in [3.05, 3.63) is 24.3 Å². The van der Waals surface area contributed by atoms with Gasteiger partial charge in [0.15, 0.2) is 12.4 Å². The van der Waals surface area contributed by atoms with Crippen LogP contribution in [0.15, 0.2) is 24.3 Å². The Bertz CT molecular complexity index is 870.